The summed E-state index contributed by atoms with van der Waals surface area (Å²) in [7, 11) is 1.59. The topological polar surface area (TPSA) is 68.4 Å². The molecule has 2 atom stereocenters. The molecule has 0 amide bonds. The number of thioether (sulfide) groups is 1. The van der Waals surface area contributed by atoms with E-state index in [2.05, 4.69) is 20.9 Å². The summed E-state index contributed by atoms with van der Waals surface area (Å²) in [6, 6.07) is 3.59. The molecule has 0 fully saturated rings. The Morgan fingerprint density at radius 1 is 1.62 bits per heavy atom. The minimum absolute atomic E-state index is 0.00688. The number of ether oxygens (including phenoxy) is 1. The molecule has 0 aliphatic carbocycles. The van der Waals surface area contributed by atoms with E-state index in [0.29, 0.717) is 6.61 Å². The first-order valence-electron chi connectivity index (χ1n) is 4.81. The Balaban J connectivity index is 2.59. The van der Waals surface area contributed by atoms with Crippen molar-refractivity contribution in [2.24, 2.45) is 5.73 Å². The molecule has 4 nitrogen and oxygen atoms in total. The number of rotatable bonds is 6. The van der Waals surface area contributed by atoms with Gasteiger partial charge in [0.15, 0.2) is 0 Å². The van der Waals surface area contributed by atoms with Gasteiger partial charge in [0.2, 0.25) is 0 Å². The summed E-state index contributed by atoms with van der Waals surface area (Å²) < 4.78 is 5.90. The number of nitrogens with zero attached hydrogens (tertiary/aromatic N) is 1. The number of aliphatic hydroxyl groups is 1. The summed E-state index contributed by atoms with van der Waals surface area (Å²) >= 11 is 4.78. The van der Waals surface area contributed by atoms with Crippen LogP contribution in [0.5, 0.6) is 0 Å². The van der Waals surface area contributed by atoms with E-state index in [0.717, 1.165) is 9.50 Å². The molecule has 0 spiro atoms. The maximum Gasteiger partial charge on any atom is 0.0964 e. The number of hydrogen-bond donors (Lipinski definition) is 2. The van der Waals surface area contributed by atoms with E-state index in [1.54, 1.807) is 13.3 Å². The van der Waals surface area contributed by atoms with Gasteiger partial charge in [0, 0.05) is 23.8 Å². The van der Waals surface area contributed by atoms with Gasteiger partial charge in [0.05, 0.1) is 23.5 Å². The zero-order valence-corrected chi connectivity index (χ0v) is 11.4. The van der Waals surface area contributed by atoms with Crippen LogP contribution in [0.4, 0.5) is 0 Å². The first-order valence-corrected chi connectivity index (χ1v) is 6.48. The number of halogens is 1. The van der Waals surface area contributed by atoms with Gasteiger partial charge in [-0.25, -0.2) is 4.98 Å². The fourth-order valence-corrected chi connectivity index (χ4v) is 2.28. The second-order valence-electron chi connectivity index (χ2n) is 3.27. The quantitative estimate of drug-likeness (QED) is 0.775. The molecule has 3 N–H and O–H groups in total. The van der Waals surface area contributed by atoms with Gasteiger partial charge >= 0.3 is 0 Å². The SMILES string of the molecule is COCC(N)C(CO)Sc1ccc(Br)cn1. The molecule has 1 heterocycles. The molecular weight excluding hydrogens is 292 g/mol. The van der Waals surface area contributed by atoms with E-state index >= 15 is 0 Å². The highest BCUT2D eigenvalue weighted by Crippen LogP contribution is 2.23. The predicted octanol–water partition coefficient (Wildman–Crippen LogP) is 1.27. The van der Waals surface area contributed by atoms with Crippen LogP contribution in [0.15, 0.2) is 27.8 Å². The Morgan fingerprint density at radius 2 is 2.38 bits per heavy atom. The monoisotopic (exact) mass is 306 g/mol. The minimum Gasteiger partial charge on any atom is -0.395 e. The van der Waals surface area contributed by atoms with Crippen molar-refractivity contribution < 1.29 is 9.84 Å². The Morgan fingerprint density at radius 3 is 2.88 bits per heavy atom. The number of methoxy groups -OCH3 is 1. The van der Waals surface area contributed by atoms with Crippen LogP contribution in [-0.2, 0) is 4.74 Å². The molecule has 1 aromatic heterocycles. The highest BCUT2D eigenvalue weighted by molar-refractivity contribution is 9.10. The van der Waals surface area contributed by atoms with Crippen molar-refractivity contribution >= 4 is 27.7 Å². The average Bonchev–Trinajstić information content (AvgIpc) is 2.28. The summed E-state index contributed by atoms with van der Waals surface area (Å²) in [5.74, 6) is 0. The molecule has 0 saturated heterocycles. The molecule has 1 aromatic rings. The zero-order chi connectivity index (χ0) is 12.0. The molecule has 16 heavy (non-hydrogen) atoms. The average molecular weight is 307 g/mol. The van der Waals surface area contributed by atoms with Crippen LogP contribution in [0.1, 0.15) is 0 Å². The fourth-order valence-electron chi connectivity index (χ4n) is 1.15. The second-order valence-corrected chi connectivity index (χ2v) is 5.45. The van der Waals surface area contributed by atoms with Gasteiger partial charge < -0.3 is 15.6 Å². The lowest BCUT2D eigenvalue weighted by molar-refractivity contribution is 0.167. The lowest BCUT2D eigenvalue weighted by Gasteiger charge is -2.20. The van der Waals surface area contributed by atoms with Gasteiger partial charge in [-0.3, -0.25) is 0 Å². The first kappa shape index (κ1) is 13.9. The zero-order valence-electron chi connectivity index (χ0n) is 8.97. The lowest BCUT2D eigenvalue weighted by atomic mass is 10.2. The van der Waals surface area contributed by atoms with Gasteiger partial charge in [0.25, 0.3) is 0 Å². The van der Waals surface area contributed by atoms with Crippen molar-refractivity contribution in [1.82, 2.24) is 4.98 Å². The third-order valence-electron chi connectivity index (χ3n) is 1.99. The second kappa shape index (κ2) is 7.24. The van der Waals surface area contributed by atoms with Gasteiger partial charge in [-0.05, 0) is 28.1 Å². The summed E-state index contributed by atoms with van der Waals surface area (Å²) in [6.07, 6.45) is 1.72. The van der Waals surface area contributed by atoms with Crippen LogP contribution in [0.25, 0.3) is 0 Å². The Labute approximate surface area is 108 Å². The molecule has 0 radical (unpaired) electrons. The van der Waals surface area contributed by atoms with Gasteiger partial charge in [-0.15, -0.1) is 0 Å². The van der Waals surface area contributed by atoms with E-state index in [9.17, 15) is 5.11 Å². The molecule has 0 aliphatic heterocycles. The highest BCUT2D eigenvalue weighted by Gasteiger charge is 2.18. The molecule has 0 aliphatic rings. The van der Waals surface area contributed by atoms with E-state index in [1.165, 1.54) is 11.8 Å². The smallest absolute Gasteiger partial charge is 0.0964 e. The summed E-state index contributed by atoms with van der Waals surface area (Å²) in [6.45, 7) is 0.432. The highest BCUT2D eigenvalue weighted by atomic mass is 79.9. The lowest BCUT2D eigenvalue weighted by Crippen LogP contribution is -2.38. The molecular formula is C10H15BrN2O2S. The molecule has 2 unspecified atom stereocenters. The van der Waals surface area contributed by atoms with Crippen LogP contribution in [0.2, 0.25) is 0 Å². The van der Waals surface area contributed by atoms with E-state index in [1.807, 2.05) is 12.1 Å². The Kier molecular flexibility index (Phi) is 6.30. The van der Waals surface area contributed by atoms with Gasteiger partial charge in [0.1, 0.15) is 0 Å². The number of aromatic nitrogens is 1. The van der Waals surface area contributed by atoms with Gasteiger partial charge in [-0.1, -0.05) is 11.8 Å². The number of pyridine rings is 1. The van der Waals surface area contributed by atoms with E-state index < -0.39 is 0 Å². The largest absolute Gasteiger partial charge is 0.395 e. The fraction of sp³-hybridized carbons (Fsp3) is 0.500. The predicted molar refractivity (Wildman–Crippen MR) is 68.5 cm³/mol. The molecule has 6 heteroatoms. The summed E-state index contributed by atoms with van der Waals surface area (Å²) in [5, 5.41) is 9.98. The molecule has 1 rings (SSSR count). The van der Waals surface area contributed by atoms with Gasteiger partial charge in [-0.2, -0.15) is 0 Å². The van der Waals surface area contributed by atoms with Crippen molar-refractivity contribution in [3.63, 3.8) is 0 Å². The van der Waals surface area contributed by atoms with Crippen molar-refractivity contribution in [2.75, 3.05) is 20.3 Å². The van der Waals surface area contributed by atoms with Crippen LogP contribution in [0, 0.1) is 0 Å². The van der Waals surface area contributed by atoms with Crippen LogP contribution in [-0.4, -0.2) is 41.7 Å². The Hall–Kier alpha value is -0.140. The molecule has 0 bridgehead atoms. The van der Waals surface area contributed by atoms with E-state index in [4.69, 9.17) is 10.5 Å². The van der Waals surface area contributed by atoms with Crippen molar-refractivity contribution in [2.45, 2.75) is 16.3 Å². The normalized spacial score (nSPS) is 14.8. The standard InChI is InChI=1S/C10H15BrN2O2S/c1-15-6-8(12)9(5-14)16-10-3-2-7(11)4-13-10/h2-4,8-9,14H,5-6,12H2,1H3. The molecule has 90 valence electrons. The number of nitrogens with two attached hydrogens (primary N) is 1. The van der Waals surface area contributed by atoms with Crippen molar-refractivity contribution in [3.05, 3.63) is 22.8 Å². The third kappa shape index (κ3) is 4.39. The molecule has 0 saturated carbocycles. The maximum atomic E-state index is 9.25. The summed E-state index contributed by atoms with van der Waals surface area (Å²) in [4.78, 5) is 4.22. The first-order chi connectivity index (χ1) is 7.67. The number of aliphatic hydroxyl groups excluding tert-OH is 1. The van der Waals surface area contributed by atoms with Crippen molar-refractivity contribution in [1.29, 1.82) is 0 Å². The van der Waals surface area contributed by atoms with Crippen LogP contribution < -0.4 is 5.73 Å². The van der Waals surface area contributed by atoms with Crippen LogP contribution >= 0.6 is 27.7 Å². The molecule has 0 aromatic carbocycles. The van der Waals surface area contributed by atoms with Crippen LogP contribution in [0.3, 0.4) is 0 Å². The van der Waals surface area contributed by atoms with E-state index in [-0.39, 0.29) is 17.9 Å². The number of hydrogen-bond acceptors (Lipinski definition) is 5. The summed E-state index contributed by atoms with van der Waals surface area (Å²) in [5.41, 5.74) is 5.87. The minimum atomic E-state index is -0.203. The maximum absolute atomic E-state index is 9.25. The Bertz CT molecular complexity index is 310. The van der Waals surface area contributed by atoms with Crippen molar-refractivity contribution in [3.8, 4) is 0 Å². The third-order valence-corrected chi connectivity index (χ3v) is 3.74.